The highest BCUT2D eigenvalue weighted by Crippen LogP contribution is 2.29. The van der Waals surface area contributed by atoms with E-state index in [0.717, 1.165) is 4.31 Å². The lowest BCUT2D eigenvalue weighted by Crippen LogP contribution is -2.27. The van der Waals surface area contributed by atoms with E-state index < -0.39 is 15.9 Å². The van der Waals surface area contributed by atoms with Gasteiger partial charge in [-0.15, -0.1) is 0 Å². The summed E-state index contributed by atoms with van der Waals surface area (Å²) in [5, 5.41) is 7.31. The van der Waals surface area contributed by atoms with Crippen LogP contribution in [0.25, 0.3) is 0 Å². The monoisotopic (exact) mass is 452 g/mol. The Labute approximate surface area is 178 Å². The third-order valence-electron chi connectivity index (χ3n) is 4.28. The number of aryl methyl sites for hydroxylation is 1. The molecule has 3 rings (SSSR count). The summed E-state index contributed by atoms with van der Waals surface area (Å²) in [6.45, 7) is 2.47. The van der Waals surface area contributed by atoms with Crippen LogP contribution in [0, 0.1) is 0 Å². The topological polar surface area (TPSA) is 84.3 Å². The van der Waals surface area contributed by atoms with Gasteiger partial charge in [-0.1, -0.05) is 23.2 Å². The summed E-state index contributed by atoms with van der Waals surface area (Å²) in [7, 11) is -2.60. The summed E-state index contributed by atoms with van der Waals surface area (Å²) in [5.41, 5.74) is 0.563. The summed E-state index contributed by atoms with van der Waals surface area (Å²) in [6, 6.07) is 12.1. The summed E-state index contributed by atoms with van der Waals surface area (Å²) in [5.74, 6) is 0.0394. The predicted octanol–water partition coefficient (Wildman–Crippen LogP) is 4.29. The Kier molecular flexibility index (Phi) is 6.16. The molecule has 0 aliphatic carbocycles. The number of benzene rings is 2. The lowest BCUT2D eigenvalue weighted by Gasteiger charge is -2.20. The van der Waals surface area contributed by atoms with Crippen LogP contribution in [0.3, 0.4) is 0 Å². The van der Waals surface area contributed by atoms with E-state index in [1.807, 2.05) is 6.92 Å². The van der Waals surface area contributed by atoms with E-state index in [2.05, 4.69) is 10.4 Å². The van der Waals surface area contributed by atoms with Crippen LogP contribution in [-0.4, -0.2) is 31.2 Å². The van der Waals surface area contributed by atoms with Crippen LogP contribution in [0.4, 0.5) is 11.5 Å². The van der Waals surface area contributed by atoms with Crippen molar-refractivity contribution in [1.29, 1.82) is 0 Å². The number of anilines is 2. The van der Waals surface area contributed by atoms with Crippen LogP contribution in [-0.2, 0) is 16.6 Å². The van der Waals surface area contributed by atoms with Gasteiger partial charge < -0.3 is 5.32 Å². The molecule has 0 fully saturated rings. The molecular weight excluding hydrogens is 435 g/mol. The molecule has 0 spiro atoms. The number of carbonyl (C=O) groups excluding carboxylic acids is 1. The lowest BCUT2D eigenvalue weighted by molar-refractivity contribution is 0.102. The maximum atomic E-state index is 13.1. The molecule has 29 heavy (non-hydrogen) atoms. The fourth-order valence-corrected chi connectivity index (χ4v) is 4.48. The quantitative estimate of drug-likeness (QED) is 0.604. The molecule has 0 saturated carbocycles. The highest BCUT2D eigenvalue weighted by Gasteiger charge is 2.25. The van der Waals surface area contributed by atoms with E-state index in [1.54, 1.807) is 41.2 Å². The van der Waals surface area contributed by atoms with Crippen LogP contribution < -0.4 is 9.62 Å². The van der Waals surface area contributed by atoms with E-state index in [1.165, 1.54) is 25.2 Å². The SMILES string of the molecule is CCn1nccc1NC(=O)c1ccc(Cl)c(S(=O)(=O)N(C)c2ccc(Cl)cc2)c1. The van der Waals surface area contributed by atoms with Crippen molar-refractivity contribution < 1.29 is 13.2 Å². The first-order chi connectivity index (χ1) is 13.7. The van der Waals surface area contributed by atoms with E-state index in [9.17, 15) is 13.2 Å². The average Bonchev–Trinajstić information content (AvgIpc) is 3.15. The highest BCUT2D eigenvalue weighted by atomic mass is 35.5. The van der Waals surface area contributed by atoms with Gasteiger partial charge in [0.1, 0.15) is 10.7 Å². The first-order valence-electron chi connectivity index (χ1n) is 8.61. The van der Waals surface area contributed by atoms with Gasteiger partial charge in [-0.05, 0) is 49.4 Å². The standard InChI is InChI=1S/C19H18Cl2N4O3S/c1-3-25-18(10-11-22-25)23-19(26)13-4-9-16(21)17(12-13)29(27,28)24(2)15-7-5-14(20)6-8-15/h4-12H,3H2,1-2H3,(H,23,26). The number of aromatic nitrogens is 2. The molecule has 0 saturated heterocycles. The Balaban J connectivity index is 1.93. The zero-order valence-electron chi connectivity index (χ0n) is 15.6. The van der Waals surface area contributed by atoms with Gasteiger partial charge in [-0.3, -0.25) is 9.10 Å². The van der Waals surface area contributed by atoms with Crippen molar-refractivity contribution in [3.63, 3.8) is 0 Å². The molecule has 1 N–H and O–H groups in total. The Hall–Kier alpha value is -2.55. The second kappa shape index (κ2) is 8.44. The molecule has 152 valence electrons. The first-order valence-corrected chi connectivity index (χ1v) is 10.8. The molecule has 0 unspecified atom stereocenters. The zero-order valence-corrected chi connectivity index (χ0v) is 18.0. The molecule has 7 nitrogen and oxygen atoms in total. The Morgan fingerprint density at radius 2 is 1.83 bits per heavy atom. The number of hydrogen-bond acceptors (Lipinski definition) is 4. The third kappa shape index (κ3) is 4.39. The number of nitrogens with zero attached hydrogens (tertiary/aromatic N) is 3. The maximum absolute atomic E-state index is 13.1. The van der Waals surface area contributed by atoms with Gasteiger partial charge in [0.05, 0.1) is 16.9 Å². The van der Waals surface area contributed by atoms with Gasteiger partial charge in [-0.25, -0.2) is 13.1 Å². The largest absolute Gasteiger partial charge is 0.307 e. The van der Waals surface area contributed by atoms with Crippen molar-refractivity contribution >= 4 is 50.6 Å². The van der Waals surface area contributed by atoms with E-state index in [4.69, 9.17) is 23.2 Å². The van der Waals surface area contributed by atoms with Gasteiger partial charge in [0.25, 0.3) is 15.9 Å². The molecule has 0 aliphatic rings. The van der Waals surface area contributed by atoms with E-state index >= 15 is 0 Å². The number of sulfonamides is 1. The first kappa shape index (κ1) is 21.2. The van der Waals surface area contributed by atoms with Crippen LogP contribution in [0.2, 0.25) is 10.0 Å². The van der Waals surface area contributed by atoms with Crippen LogP contribution in [0.15, 0.2) is 59.6 Å². The van der Waals surface area contributed by atoms with Gasteiger partial charge in [0.2, 0.25) is 0 Å². The Bertz CT molecular complexity index is 1140. The third-order valence-corrected chi connectivity index (χ3v) is 6.80. The number of carbonyl (C=O) groups is 1. The second-order valence-corrected chi connectivity index (χ2v) is 8.86. The van der Waals surface area contributed by atoms with Crippen molar-refractivity contribution in [2.75, 3.05) is 16.7 Å². The molecule has 3 aromatic rings. The fraction of sp³-hybridized carbons (Fsp3) is 0.158. The van der Waals surface area contributed by atoms with Crippen LogP contribution in [0.5, 0.6) is 0 Å². The predicted molar refractivity (Wildman–Crippen MR) is 114 cm³/mol. The summed E-state index contributed by atoms with van der Waals surface area (Å²) >= 11 is 12.0. The molecule has 0 aliphatic heterocycles. The molecule has 0 bridgehead atoms. The smallest absolute Gasteiger partial charge is 0.265 e. The number of rotatable bonds is 6. The summed E-state index contributed by atoms with van der Waals surface area (Å²) in [4.78, 5) is 12.5. The molecule has 1 aromatic heterocycles. The zero-order chi connectivity index (χ0) is 21.2. The summed E-state index contributed by atoms with van der Waals surface area (Å²) in [6.07, 6.45) is 1.57. The number of hydrogen-bond donors (Lipinski definition) is 1. The van der Waals surface area contributed by atoms with Crippen molar-refractivity contribution in [2.24, 2.45) is 0 Å². The molecule has 0 atom stereocenters. The van der Waals surface area contributed by atoms with Crippen molar-refractivity contribution in [2.45, 2.75) is 18.4 Å². The van der Waals surface area contributed by atoms with Gasteiger partial charge >= 0.3 is 0 Å². The summed E-state index contributed by atoms with van der Waals surface area (Å²) < 4.78 is 28.9. The minimum Gasteiger partial charge on any atom is -0.307 e. The van der Waals surface area contributed by atoms with Crippen molar-refractivity contribution in [1.82, 2.24) is 9.78 Å². The Morgan fingerprint density at radius 3 is 2.48 bits per heavy atom. The second-order valence-electron chi connectivity index (χ2n) is 6.08. The molecule has 10 heteroatoms. The molecule has 1 heterocycles. The van der Waals surface area contributed by atoms with Gasteiger partial charge in [-0.2, -0.15) is 5.10 Å². The molecule has 2 aromatic carbocycles. The van der Waals surface area contributed by atoms with Crippen molar-refractivity contribution in [3.8, 4) is 0 Å². The lowest BCUT2D eigenvalue weighted by atomic mass is 10.2. The molecular formula is C19H18Cl2N4O3S. The van der Waals surface area contributed by atoms with E-state index in [0.29, 0.717) is 23.1 Å². The van der Waals surface area contributed by atoms with Gasteiger partial charge in [0.15, 0.2) is 0 Å². The van der Waals surface area contributed by atoms with Crippen LogP contribution >= 0.6 is 23.2 Å². The number of nitrogens with one attached hydrogen (secondary N) is 1. The maximum Gasteiger partial charge on any atom is 0.265 e. The minimum absolute atomic E-state index is 0.0148. The number of amides is 1. The van der Waals surface area contributed by atoms with Gasteiger partial charge in [0, 0.05) is 30.2 Å². The molecule has 0 radical (unpaired) electrons. The Morgan fingerprint density at radius 1 is 1.14 bits per heavy atom. The fourth-order valence-electron chi connectivity index (χ4n) is 2.66. The highest BCUT2D eigenvalue weighted by molar-refractivity contribution is 7.93. The van der Waals surface area contributed by atoms with E-state index in [-0.39, 0.29) is 15.5 Å². The average molecular weight is 453 g/mol. The van der Waals surface area contributed by atoms with Crippen molar-refractivity contribution in [3.05, 3.63) is 70.3 Å². The number of halogens is 2. The normalized spacial score (nSPS) is 11.3. The molecule has 1 amide bonds. The van der Waals surface area contributed by atoms with Crippen LogP contribution in [0.1, 0.15) is 17.3 Å². The minimum atomic E-state index is -4.01.